The summed E-state index contributed by atoms with van der Waals surface area (Å²) in [6, 6.07) is 7.68. The van der Waals surface area contributed by atoms with E-state index in [1.165, 1.54) is 19.6 Å². The van der Waals surface area contributed by atoms with Gasteiger partial charge in [-0.25, -0.2) is 18.6 Å². The minimum atomic E-state index is -1.01. The monoisotopic (exact) mass is 511 g/mol. The number of nitrogens with zero attached hydrogens (tertiary/aromatic N) is 3. The number of benzene rings is 2. The number of amides is 1. The van der Waals surface area contributed by atoms with Gasteiger partial charge in [0, 0.05) is 30.5 Å². The molecular weight excluding hydrogens is 480 g/mol. The number of hydrogen-bond acceptors (Lipinski definition) is 4. The first-order valence-electron chi connectivity index (χ1n) is 12.9. The third-order valence-electron chi connectivity index (χ3n) is 7.79. The molecule has 1 saturated carbocycles. The van der Waals surface area contributed by atoms with Crippen molar-refractivity contribution in [2.45, 2.75) is 69.9 Å². The summed E-state index contributed by atoms with van der Waals surface area (Å²) in [5.74, 6) is -2.41. The van der Waals surface area contributed by atoms with E-state index in [-0.39, 0.29) is 25.0 Å². The van der Waals surface area contributed by atoms with Gasteiger partial charge in [-0.3, -0.25) is 4.79 Å². The number of halogens is 2. The Hall–Kier alpha value is -3.49. The van der Waals surface area contributed by atoms with E-state index < -0.39 is 23.5 Å². The van der Waals surface area contributed by atoms with Crippen molar-refractivity contribution >= 4 is 23.1 Å². The molecule has 1 aliphatic carbocycles. The van der Waals surface area contributed by atoms with E-state index in [1.807, 2.05) is 6.07 Å². The summed E-state index contributed by atoms with van der Waals surface area (Å²) in [5.41, 5.74) is 4.23. The Morgan fingerprint density at radius 3 is 2.62 bits per heavy atom. The van der Waals surface area contributed by atoms with Gasteiger partial charge in [-0.15, -0.1) is 0 Å². The van der Waals surface area contributed by atoms with E-state index in [0.717, 1.165) is 65.8 Å². The van der Waals surface area contributed by atoms with Gasteiger partial charge in [0.05, 0.1) is 31.1 Å². The van der Waals surface area contributed by atoms with Crippen molar-refractivity contribution in [3.8, 4) is 0 Å². The van der Waals surface area contributed by atoms with Crippen LogP contribution in [0.5, 0.6) is 0 Å². The predicted molar refractivity (Wildman–Crippen MR) is 133 cm³/mol. The van der Waals surface area contributed by atoms with E-state index >= 15 is 0 Å². The molecule has 1 amide bonds. The minimum Gasteiger partial charge on any atom is -0.481 e. The molecule has 1 fully saturated rings. The largest absolute Gasteiger partial charge is 0.481 e. The average Bonchev–Trinajstić information content (AvgIpc) is 3.28. The summed E-state index contributed by atoms with van der Waals surface area (Å²) >= 11 is 0. The lowest BCUT2D eigenvalue weighted by molar-refractivity contribution is -0.137. The molecule has 0 spiro atoms. The zero-order valence-corrected chi connectivity index (χ0v) is 20.9. The number of aliphatic carboxylic acids is 1. The van der Waals surface area contributed by atoms with E-state index in [4.69, 9.17) is 9.72 Å². The zero-order chi connectivity index (χ0) is 26.1. The highest BCUT2D eigenvalue weighted by atomic mass is 19.2. The highest BCUT2D eigenvalue weighted by molar-refractivity contribution is 5.82. The van der Waals surface area contributed by atoms with Gasteiger partial charge in [0.15, 0.2) is 11.6 Å². The van der Waals surface area contributed by atoms with Crippen LogP contribution in [0.25, 0.3) is 11.0 Å². The molecule has 2 aromatic carbocycles. The van der Waals surface area contributed by atoms with Crippen LogP contribution in [0.15, 0.2) is 30.3 Å². The number of fused-ring (bicyclic) bond motifs is 3. The third-order valence-corrected chi connectivity index (χ3v) is 7.79. The maximum Gasteiger partial charge on any atom is 0.409 e. The second-order valence-electron chi connectivity index (χ2n) is 10.1. The van der Waals surface area contributed by atoms with Crippen LogP contribution >= 0.6 is 0 Å². The number of carboxylic acid groups (broad SMARTS) is 1. The number of hydrogen-bond donors (Lipinski definition) is 1. The van der Waals surface area contributed by atoms with Crippen molar-refractivity contribution in [1.29, 1.82) is 0 Å². The summed E-state index contributed by atoms with van der Waals surface area (Å²) in [4.78, 5) is 30.8. The van der Waals surface area contributed by atoms with Crippen LogP contribution in [0, 0.1) is 11.6 Å². The second-order valence-corrected chi connectivity index (χ2v) is 10.1. The van der Waals surface area contributed by atoms with E-state index in [0.29, 0.717) is 25.1 Å². The molecule has 2 aliphatic rings. The lowest BCUT2D eigenvalue weighted by Gasteiger charge is -2.27. The van der Waals surface area contributed by atoms with E-state index in [1.54, 1.807) is 4.90 Å². The normalized spacial score (nSPS) is 17.0. The molecule has 5 rings (SSSR count). The number of carbonyl (C=O) groups excluding carboxylic acids is 1. The van der Waals surface area contributed by atoms with Gasteiger partial charge in [-0.05, 0) is 48.6 Å². The number of aromatic nitrogens is 2. The van der Waals surface area contributed by atoms with Gasteiger partial charge >= 0.3 is 12.1 Å². The summed E-state index contributed by atoms with van der Waals surface area (Å²) in [7, 11) is 1.37. The van der Waals surface area contributed by atoms with Crippen molar-refractivity contribution in [2.75, 3.05) is 13.7 Å². The van der Waals surface area contributed by atoms with Crippen LogP contribution in [0.3, 0.4) is 0 Å². The Bertz CT molecular complexity index is 1330. The Morgan fingerprint density at radius 1 is 1.14 bits per heavy atom. The second kappa shape index (κ2) is 10.5. The molecule has 0 saturated heterocycles. The summed E-state index contributed by atoms with van der Waals surface area (Å²) in [5, 5.41) is 9.65. The lowest BCUT2D eigenvalue weighted by Crippen LogP contribution is -2.35. The van der Waals surface area contributed by atoms with E-state index in [9.17, 15) is 23.5 Å². The van der Waals surface area contributed by atoms with Crippen LogP contribution in [-0.4, -0.2) is 45.3 Å². The molecule has 2 heterocycles. The molecule has 9 heteroatoms. The van der Waals surface area contributed by atoms with Crippen molar-refractivity contribution in [1.82, 2.24) is 14.5 Å². The zero-order valence-electron chi connectivity index (χ0n) is 20.9. The first kappa shape index (κ1) is 25.2. The fraction of sp³-hybridized carbons (Fsp3) is 0.464. The molecule has 3 aromatic rings. The Balaban J connectivity index is 1.61. The lowest BCUT2D eigenvalue weighted by atomic mass is 9.88. The van der Waals surface area contributed by atoms with Gasteiger partial charge in [0.2, 0.25) is 0 Å². The molecule has 1 aliphatic heterocycles. The smallest absolute Gasteiger partial charge is 0.409 e. The van der Waals surface area contributed by atoms with Crippen LogP contribution in [0.4, 0.5) is 13.6 Å². The number of carbonyl (C=O) groups is 2. The molecule has 0 radical (unpaired) electrons. The standard InChI is InChI=1S/C28H31F2N3O4/c1-37-28(36)32-12-11-17-8-10-24-26(21(17)16-32)31-27(18-5-3-2-4-6-18)33(24)15-20(14-25(34)35)19-7-9-22(29)23(30)13-19/h7-10,13,18,20H,2-6,11-12,14-16H2,1H3,(H,34,35)/t20-/m1/s1. The van der Waals surface area contributed by atoms with Crippen LogP contribution in [-0.2, 0) is 29.0 Å². The quantitative estimate of drug-likeness (QED) is 0.456. The Kier molecular flexibility index (Phi) is 7.13. The van der Waals surface area contributed by atoms with Crippen LogP contribution in [0.2, 0.25) is 0 Å². The maximum atomic E-state index is 14.1. The van der Waals surface area contributed by atoms with Crippen molar-refractivity contribution in [3.63, 3.8) is 0 Å². The fourth-order valence-electron chi connectivity index (χ4n) is 5.88. The average molecular weight is 512 g/mol. The predicted octanol–water partition coefficient (Wildman–Crippen LogP) is 5.75. The molecule has 1 atom stereocenters. The first-order valence-corrected chi connectivity index (χ1v) is 12.9. The number of rotatable bonds is 6. The summed E-state index contributed by atoms with van der Waals surface area (Å²) < 4.78 is 34.8. The number of ether oxygens (including phenoxy) is 1. The van der Waals surface area contributed by atoms with Gasteiger partial charge in [-0.2, -0.15) is 0 Å². The van der Waals surface area contributed by atoms with Gasteiger partial charge in [-0.1, -0.05) is 31.4 Å². The Labute approximate surface area is 214 Å². The van der Waals surface area contributed by atoms with Gasteiger partial charge < -0.3 is 19.3 Å². The van der Waals surface area contributed by atoms with E-state index in [2.05, 4.69) is 10.6 Å². The topological polar surface area (TPSA) is 84.7 Å². The van der Waals surface area contributed by atoms with Crippen molar-refractivity contribution < 1.29 is 28.2 Å². The van der Waals surface area contributed by atoms with Crippen molar-refractivity contribution in [2.24, 2.45) is 0 Å². The molecule has 0 bridgehead atoms. The molecule has 7 nitrogen and oxygen atoms in total. The minimum absolute atomic E-state index is 0.226. The first-order chi connectivity index (χ1) is 17.9. The highest BCUT2D eigenvalue weighted by Gasteiger charge is 2.29. The number of methoxy groups -OCH3 is 1. The molecule has 0 unspecified atom stereocenters. The molecule has 196 valence electrons. The third kappa shape index (κ3) is 5.04. The molecule has 1 aromatic heterocycles. The van der Waals surface area contributed by atoms with Gasteiger partial charge in [0.1, 0.15) is 5.82 Å². The fourth-order valence-corrected chi connectivity index (χ4v) is 5.88. The molecular formula is C28H31F2N3O4. The van der Waals surface area contributed by atoms with Crippen LogP contribution < -0.4 is 0 Å². The highest BCUT2D eigenvalue weighted by Crippen LogP contribution is 2.38. The molecule has 1 N–H and O–H groups in total. The van der Waals surface area contributed by atoms with Crippen LogP contribution in [0.1, 0.15) is 72.9 Å². The summed E-state index contributed by atoms with van der Waals surface area (Å²) in [6.45, 7) is 1.24. The molecule has 37 heavy (non-hydrogen) atoms. The SMILES string of the molecule is COC(=O)N1CCc2ccc3c(nc(C4CCCCC4)n3C[C@@H](CC(=O)O)c3ccc(F)c(F)c3)c2C1. The van der Waals surface area contributed by atoms with Crippen molar-refractivity contribution in [3.05, 3.63) is 64.5 Å². The van der Waals surface area contributed by atoms with Gasteiger partial charge in [0.25, 0.3) is 0 Å². The maximum absolute atomic E-state index is 14.1. The number of imidazole rings is 1. The Morgan fingerprint density at radius 2 is 1.92 bits per heavy atom. The number of carboxylic acids is 1. The summed E-state index contributed by atoms with van der Waals surface area (Å²) in [6.07, 6.45) is 5.46.